The molecule has 2 N–H and O–H groups in total. The average molecular weight is 421 g/mol. The summed E-state index contributed by atoms with van der Waals surface area (Å²) in [6, 6.07) is 8.91. The summed E-state index contributed by atoms with van der Waals surface area (Å²) in [5, 5.41) is 4.19. The minimum absolute atomic E-state index is 0.0645. The fourth-order valence-corrected chi connectivity index (χ4v) is 3.33. The second-order valence-electron chi connectivity index (χ2n) is 7.21. The molecule has 0 unspecified atom stereocenters. The van der Waals surface area contributed by atoms with Crippen molar-refractivity contribution in [1.29, 1.82) is 0 Å². The van der Waals surface area contributed by atoms with E-state index in [1.54, 1.807) is 38.5 Å². The Morgan fingerprint density at radius 3 is 2.55 bits per heavy atom. The van der Waals surface area contributed by atoms with E-state index >= 15 is 0 Å². The maximum Gasteiger partial charge on any atom is 0.263 e. The van der Waals surface area contributed by atoms with Gasteiger partial charge in [0.2, 0.25) is 11.9 Å². The number of fused-ring (bicyclic) bond motifs is 2. The van der Waals surface area contributed by atoms with Gasteiger partial charge in [-0.05, 0) is 39.0 Å². The van der Waals surface area contributed by atoms with E-state index in [1.165, 1.54) is 0 Å². The molecule has 0 radical (unpaired) electrons. The second-order valence-corrected chi connectivity index (χ2v) is 7.21. The van der Waals surface area contributed by atoms with Crippen molar-refractivity contribution in [2.75, 3.05) is 19.5 Å². The molecular weight excluding hydrogens is 398 g/mol. The summed E-state index contributed by atoms with van der Waals surface area (Å²) in [4.78, 5) is 29.0. The third kappa shape index (κ3) is 3.94. The highest BCUT2D eigenvalue weighted by Crippen LogP contribution is 2.32. The third-order valence-corrected chi connectivity index (χ3v) is 4.67. The summed E-state index contributed by atoms with van der Waals surface area (Å²) in [6.07, 6.45) is -0.0645. The van der Waals surface area contributed by atoms with Crippen LogP contribution in [0, 0.1) is 6.92 Å². The molecule has 0 saturated heterocycles. The van der Waals surface area contributed by atoms with Gasteiger partial charge >= 0.3 is 0 Å². The molecule has 0 bridgehead atoms. The monoisotopic (exact) mass is 421 g/mol. The van der Waals surface area contributed by atoms with Crippen LogP contribution in [0.2, 0.25) is 0 Å². The molecule has 0 aliphatic carbocycles. The van der Waals surface area contributed by atoms with Crippen LogP contribution >= 0.6 is 0 Å². The molecule has 4 aromatic rings. The quantitative estimate of drug-likeness (QED) is 0.485. The van der Waals surface area contributed by atoms with Crippen LogP contribution < -0.4 is 25.1 Å². The molecule has 0 saturated carbocycles. The minimum Gasteiger partial charge on any atom is -0.497 e. The van der Waals surface area contributed by atoms with Crippen molar-refractivity contribution in [1.82, 2.24) is 19.9 Å². The Bertz CT molecular complexity index is 1330. The Hall–Kier alpha value is -3.88. The van der Waals surface area contributed by atoms with E-state index in [0.29, 0.717) is 33.7 Å². The van der Waals surface area contributed by atoms with Gasteiger partial charge in [-0.1, -0.05) is 6.07 Å². The largest absolute Gasteiger partial charge is 0.497 e. The lowest BCUT2D eigenvalue weighted by Crippen LogP contribution is -2.15. The van der Waals surface area contributed by atoms with Crippen molar-refractivity contribution >= 4 is 33.7 Å². The highest BCUT2D eigenvalue weighted by atomic mass is 16.5. The van der Waals surface area contributed by atoms with Gasteiger partial charge in [-0.3, -0.25) is 15.1 Å². The Morgan fingerprint density at radius 1 is 1.03 bits per heavy atom. The van der Waals surface area contributed by atoms with Gasteiger partial charge in [-0.15, -0.1) is 0 Å². The zero-order valence-corrected chi connectivity index (χ0v) is 17.9. The predicted molar refractivity (Wildman–Crippen MR) is 119 cm³/mol. The second kappa shape index (κ2) is 8.10. The first-order chi connectivity index (χ1) is 14.9. The van der Waals surface area contributed by atoms with E-state index in [0.717, 1.165) is 11.1 Å². The van der Waals surface area contributed by atoms with Gasteiger partial charge in [-0.25, -0.2) is 15.0 Å². The van der Waals surface area contributed by atoms with Crippen molar-refractivity contribution in [3.8, 4) is 17.2 Å². The van der Waals surface area contributed by atoms with Crippen LogP contribution in [0.4, 0.5) is 11.9 Å². The number of benzene rings is 2. The summed E-state index contributed by atoms with van der Waals surface area (Å²) >= 11 is 0. The maximum absolute atomic E-state index is 12.8. The van der Waals surface area contributed by atoms with Crippen LogP contribution in [0.5, 0.6) is 17.2 Å². The number of nitrogens with one attached hydrogen (secondary N) is 2. The molecule has 0 aliphatic rings. The minimum atomic E-state index is -0.316. The van der Waals surface area contributed by atoms with E-state index in [1.807, 2.05) is 26.8 Å². The fourth-order valence-electron chi connectivity index (χ4n) is 3.33. The van der Waals surface area contributed by atoms with Crippen molar-refractivity contribution in [2.24, 2.45) is 0 Å². The first kappa shape index (κ1) is 20.4. The van der Waals surface area contributed by atoms with E-state index in [2.05, 4.69) is 25.3 Å². The number of methoxy groups -OCH3 is 2. The number of ether oxygens (including phenoxy) is 3. The normalized spacial score (nSPS) is 11.2. The molecule has 4 rings (SSSR count). The number of rotatable bonds is 6. The van der Waals surface area contributed by atoms with Crippen molar-refractivity contribution in [3.63, 3.8) is 0 Å². The summed E-state index contributed by atoms with van der Waals surface area (Å²) in [5.41, 5.74) is 1.53. The zero-order chi connectivity index (χ0) is 22.1. The SMILES string of the molecule is COc1cc(OC)c2nc(Nc3nc4cccc(OC(C)C)c4c(=O)[nH]3)nc(C)c2c1. The molecule has 2 heterocycles. The number of aryl methyl sites for hydroxylation is 1. The van der Waals surface area contributed by atoms with Gasteiger partial charge in [0.1, 0.15) is 28.2 Å². The smallest absolute Gasteiger partial charge is 0.263 e. The Balaban J connectivity index is 1.78. The van der Waals surface area contributed by atoms with Crippen LogP contribution in [-0.2, 0) is 0 Å². The van der Waals surface area contributed by atoms with Crippen molar-refractivity contribution < 1.29 is 14.2 Å². The third-order valence-electron chi connectivity index (χ3n) is 4.67. The molecule has 0 aliphatic heterocycles. The summed E-state index contributed by atoms with van der Waals surface area (Å²) in [5.74, 6) is 2.20. The number of aromatic nitrogens is 4. The van der Waals surface area contributed by atoms with Crippen molar-refractivity contribution in [2.45, 2.75) is 26.9 Å². The van der Waals surface area contributed by atoms with Crippen LogP contribution in [0.1, 0.15) is 19.5 Å². The molecule has 2 aromatic heterocycles. The standard InChI is InChI=1S/C22H23N5O4/c1-11(2)31-16-8-6-7-15-18(16)20(28)26-22(24-15)27-21-23-12(3)14-9-13(29-4)10-17(30-5)19(14)25-21/h6-11H,1-5H3,(H2,23,24,25,26,27,28). The lowest BCUT2D eigenvalue weighted by Gasteiger charge is -2.13. The van der Waals surface area contributed by atoms with Gasteiger partial charge < -0.3 is 14.2 Å². The molecule has 0 fully saturated rings. The lowest BCUT2D eigenvalue weighted by molar-refractivity contribution is 0.245. The van der Waals surface area contributed by atoms with E-state index in [-0.39, 0.29) is 23.6 Å². The summed E-state index contributed by atoms with van der Waals surface area (Å²) in [7, 11) is 3.16. The topological polar surface area (TPSA) is 111 Å². The summed E-state index contributed by atoms with van der Waals surface area (Å²) in [6.45, 7) is 5.67. The van der Waals surface area contributed by atoms with Crippen LogP contribution in [0.15, 0.2) is 35.1 Å². The molecule has 160 valence electrons. The van der Waals surface area contributed by atoms with Gasteiger partial charge in [-0.2, -0.15) is 0 Å². The van der Waals surface area contributed by atoms with Crippen LogP contribution in [0.25, 0.3) is 21.8 Å². The zero-order valence-electron chi connectivity index (χ0n) is 17.9. The van der Waals surface area contributed by atoms with Crippen LogP contribution in [-0.4, -0.2) is 40.3 Å². The molecule has 9 heteroatoms. The molecule has 0 atom stereocenters. The number of hydrogen-bond donors (Lipinski definition) is 2. The Kier molecular flexibility index (Phi) is 5.33. The number of nitrogens with zero attached hydrogens (tertiary/aromatic N) is 3. The average Bonchev–Trinajstić information content (AvgIpc) is 2.72. The molecule has 9 nitrogen and oxygen atoms in total. The number of H-pyrrole nitrogens is 1. The van der Waals surface area contributed by atoms with Crippen molar-refractivity contribution in [3.05, 3.63) is 46.4 Å². The molecule has 0 amide bonds. The first-order valence-electron chi connectivity index (χ1n) is 9.76. The number of hydrogen-bond acceptors (Lipinski definition) is 8. The van der Waals surface area contributed by atoms with E-state index in [4.69, 9.17) is 14.2 Å². The van der Waals surface area contributed by atoms with Crippen LogP contribution in [0.3, 0.4) is 0 Å². The molecular formula is C22H23N5O4. The summed E-state index contributed by atoms with van der Waals surface area (Å²) < 4.78 is 16.5. The first-order valence-corrected chi connectivity index (χ1v) is 9.76. The Morgan fingerprint density at radius 2 is 1.84 bits per heavy atom. The van der Waals surface area contributed by atoms with Gasteiger partial charge in [0.05, 0.1) is 31.5 Å². The lowest BCUT2D eigenvalue weighted by atomic mass is 10.1. The fraction of sp³-hybridized carbons (Fsp3) is 0.273. The van der Waals surface area contributed by atoms with E-state index < -0.39 is 0 Å². The number of aromatic amines is 1. The molecule has 0 spiro atoms. The van der Waals surface area contributed by atoms with Gasteiger partial charge in [0, 0.05) is 11.5 Å². The predicted octanol–water partition coefficient (Wildman–Crippen LogP) is 3.72. The van der Waals surface area contributed by atoms with Gasteiger partial charge in [0.15, 0.2) is 0 Å². The van der Waals surface area contributed by atoms with Gasteiger partial charge in [0.25, 0.3) is 5.56 Å². The molecule has 31 heavy (non-hydrogen) atoms. The highest BCUT2D eigenvalue weighted by molar-refractivity contribution is 5.89. The maximum atomic E-state index is 12.8. The molecule has 2 aromatic carbocycles. The van der Waals surface area contributed by atoms with E-state index in [9.17, 15) is 4.79 Å². The highest BCUT2D eigenvalue weighted by Gasteiger charge is 2.14. The number of anilines is 2. The Labute approximate surface area is 178 Å².